The Morgan fingerprint density at radius 2 is 2.17 bits per heavy atom. The average molecular weight is 383 g/mol. The number of carbonyl (C=O) groups is 1. The highest BCUT2D eigenvalue weighted by Crippen LogP contribution is 2.35. The van der Waals surface area contributed by atoms with Crippen LogP contribution in [0.15, 0.2) is 35.0 Å². The van der Waals surface area contributed by atoms with Crippen LogP contribution in [-0.4, -0.2) is 31.4 Å². The van der Waals surface area contributed by atoms with E-state index in [-0.39, 0.29) is 17.8 Å². The van der Waals surface area contributed by atoms with Gasteiger partial charge >= 0.3 is 0 Å². The molecule has 3 nitrogen and oxygen atoms in total. The van der Waals surface area contributed by atoms with Crippen molar-refractivity contribution in [2.75, 3.05) is 20.6 Å². The third kappa shape index (κ3) is 3.47. The summed E-state index contributed by atoms with van der Waals surface area (Å²) in [4.78, 5) is 15.0. The fourth-order valence-electron chi connectivity index (χ4n) is 2.52. The second kappa shape index (κ2) is 7.19. The standard InChI is InChI=1S/C17H16ClFN2OS2/c1-21(2)13(10-5-6-23-9-10)8-20-17(22)16-15(18)12-4-3-11(19)7-14(12)24-16/h3-7,9,13H,8H2,1-2H3,(H,20,22)/t13-/m1/s1. The Hall–Kier alpha value is -1.47. The van der Waals surface area contributed by atoms with Crippen molar-refractivity contribution in [2.24, 2.45) is 0 Å². The van der Waals surface area contributed by atoms with E-state index in [4.69, 9.17) is 11.6 Å². The molecule has 0 aliphatic rings. The lowest BCUT2D eigenvalue weighted by atomic mass is 10.1. The van der Waals surface area contributed by atoms with Crippen LogP contribution in [-0.2, 0) is 0 Å². The Bertz CT molecular complexity index is 861. The first-order valence-electron chi connectivity index (χ1n) is 7.31. The summed E-state index contributed by atoms with van der Waals surface area (Å²) in [6, 6.07) is 6.49. The molecule has 1 atom stereocenters. The Labute approximate surface area is 152 Å². The summed E-state index contributed by atoms with van der Waals surface area (Å²) < 4.78 is 14.0. The van der Waals surface area contributed by atoms with Gasteiger partial charge in [0.2, 0.25) is 0 Å². The summed E-state index contributed by atoms with van der Waals surface area (Å²) in [5, 5.41) is 8.12. The molecule has 7 heteroatoms. The molecule has 3 aromatic rings. The highest BCUT2D eigenvalue weighted by atomic mass is 35.5. The fourth-order valence-corrected chi connectivity index (χ4v) is 4.68. The van der Waals surface area contributed by atoms with Crippen LogP contribution in [0.3, 0.4) is 0 Å². The molecule has 0 unspecified atom stereocenters. The Balaban J connectivity index is 1.78. The smallest absolute Gasteiger partial charge is 0.262 e. The van der Waals surface area contributed by atoms with E-state index in [2.05, 4.69) is 21.7 Å². The van der Waals surface area contributed by atoms with Crippen molar-refractivity contribution in [2.45, 2.75) is 6.04 Å². The van der Waals surface area contributed by atoms with Crippen LogP contribution in [0.2, 0.25) is 5.02 Å². The van der Waals surface area contributed by atoms with Gasteiger partial charge in [-0.15, -0.1) is 11.3 Å². The van der Waals surface area contributed by atoms with Gasteiger partial charge in [-0.1, -0.05) is 11.6 Å². The summed E-state index contributed by atoms with van der Waals surface area (Å²) in [5.41, 5.74) is 1.16. The molecule has 0 saturated heterocycles. The van der Waals surface area contributed by atoms with Crippen molar-refractivity contribution in [3.63, 3.8) is 0 Å². The van der Waals surface area contributed by atoms with Gasteiger partial charge in [0.15, 0.2) is 0 Å². The van der Waals surface area contributed by atoms with Crippen LogP contribution in [0.25, 0.3) is 10.1 Å². The van der Waals surface area contributed by atoms with E-state index < -0.39 is 0 Å². The number of amides is 1. The van der Waals surface area contributed by atoms with Crippen molar-refractivity contribution in [3.05, 3.63) is 56.3 Å². The lowest BCUT2D eigenvalue weighted by molar-refractivity contribution is 0.0946. The number of thiophene rings is 2. The zero-order valence-corrected chi connectivity index (χ0v) is 15.6. The molecule has 2 aromatic heterocycles. The number of fused-ring (bicyclic) bond motifs is 1. The molecule has 0 fully saturated rings. The predicted octanol–water partition coefficient (Wildman–Crippen LogP) is 4.79. The molecular formula is C17H16ClFN2OS2. The Morgan fingerprint density at radius 1 is 1.38 bits per heavy atom. The minimum absolute atomic E-state index is 0.0887. The van der Waals surface area contributed by atoms with E-state index in [0.717, 1.165) is 5.56 Å². The predicted molar refractivity (Wildman–Crippen MR) is 99.9 cm³/mol. The highest BCUT2D eigenvalue weighted by Gasteiger charge is 2.20. The normalized spacial score (nSPS) is 12.7. The summed E-state index contributed by atoms with van der Waals surface area (Å²) in [6.07, 6.45) is 0. The molecule has 126 valence electrons. The van der Waals surface area contributed by atoms with Crippen LogP contribution < -0.4 is 5.32 Å². The molecule has 0 bridgehead atoms. The van der Waals surface area contributed by atoms with Gasteiger partial charge in [0.05, 0.1) is 11.1 Å². The van der Waals surface area contributed by atoms with E-state index in [1.165, 1.54) is 23.5 Å². The average Bonchev–Trinajstić information content (AvgIpc) is 3.15. The van der Waals surface area contributed by atoms with E-state index in [9.17, 15) is 9.18 Å². The topological polar surface area (TPSA) is 32.3 Å². The molecule has 1 aromatic carbocycles. The molecule has 1 amide bonds. The molecule has 1 N–H and O–H groups in total. The van der Waals surface area contributed by atoms with Crippen LogP contribution in [0.4, 0.5) is 4.39 Å². The number of nitrogens with one attached hydrogen (secondary N) is 1. The monoisotopic (exact) mass is 382 g/mol. The molecule has 0 aliphatic carbocycles. The van der Waals surface area contributed by atoms with Crippen molar-refractivity contribution in [1.29, 1.82) is 0 Å². The molecule has 24 heavy (non-hydrogen) atoms. The molecular weight excluding hydrogens is 367 g/mol. The van der Waals surface area contributed by atoms with Crippen molar-refractivity contribution < 1.29 is 9.18 Å². The molecule has 0 aliphatic heterocycles. The number of hydrogen-bond donors (Lipinski definition) is 1. The van der Waals surface area contributed by atoms with Gasteiger partial charge in [-0.05, 0) is 54.7 Å². The second-order valence-electron chi connectivity index (χ2n) is 5.63. The number of benzene rings is 1. The number of halogens is 2. The zero-order valence-electron chi connectivity index (χ0n) is 13.2. The fraction of sp³-hybridized carbons (Fsp3) is 0.235. The first kappa shape index (κ1) is 17.4. The maximum Gasteiger partial charge on any atom is 0.262 e. The summed E-state index contributed by atoms with van der Waals surface area (Å²) in [7, 11) is 3.95. The van der Waals surface area contributed by atoms with Crippen LogP contribution >= 0.6 is 34.3 Å². The minimum Gasteiger partial charge on any atom is -0.349 e. The molecule has 0 spiro atoms. The minimum atomic E-state index is -0.336. The molecule has 2 heterocycles. The summed E-state index contributed by atoms with van der Waals surface area (Å²) in [6.45, 7) is 0.474. The maximum atomic E-state index is 13.3. The lowest BCUT2D eigenvalue weighted by Gasteiger charge is -2.23. The van der Waals surface area contributed by atoms with Gasteiger partial charge in [-0.2, -0.15) is 11.3 Å². The van der Waals surface area contributed by atoms with E-state index in [1.807, 2.05) is 19.5 Å². The van der Waals surface area contributed by atoms with Gasteiger partial charge in [0.1, 0.15) is 10.7 Å². The van der Waals surface area contributed by atoms with Gasteiger partial charge < -0.3 is 10.2 Å². The van der Waals surface area contributed by atoms with Crippen molar-refractivity contribution in [1.82, 2.24) is 10.2 Å². The zero-order chi connectivity index (χ0) is 17.3. The summed E-state index contributed by atoms with van der Waals surface area (Å²) in [5.74, 6) is -0.568. The third-order valence-electron chi connectivity index (χ3n) is 3.81. The van der Waals surface area contributed by atoms with Gasteiger partial charge in [0, 0.05) is 16.6 Å². The Morgan fingerprint density at radius 3 is 2.83 bits per heavy atom. The van der Waals surface area contributed by atoms with Crippen LogP contribution in [0, 0.1) is 5.82 Å². The lowest BCUT2D eigenvalue weighted by Crippen LogP contribution is -2.34. The quantitative estimate of drug-likeness (QED) is 0.688. The summed E-state index contributed by atoms with van der Waals surface area (Å²) >= 11 is 9.14. The van der Waals surface area contributed by atoms with Crippen LogP contribution in [0.5, 0.6) is 0 Å². The SMILES string of the molecule is CN(C)[C@H](CNC(=O)c1sc2cc(F)ccc2c1Cl)c1ccsc1. The molecule has 0 saturated carbocycles. The number of hydrogen-bond acceptors (Lipinski definition) is 4. The van der Waals surface area contributed by atoms with Crippen molar-refractivity contribution >= 4 is 50.3 Å². The number of rotatable bonds is 5. The van der Waals surface area contributed by atoms with Crippen LogP contribution in [0.1, 0.15) is 21.3 Å². The molecule has 3 rings (SSSR count). The first-order chi connectivity index (χ1) is 11.5. The van der Waals surface area contributed by atoms with E-state index >= 15 is 0 Å². The number of likely N-dealkylation sites (N-methyl/N-ethyl adjacent to an activating group) is 1. The largest absolute Gasteiger partial charge is 0.349 e. The van der Waals surface area contributed by atoms with Crippen molar-refractivity contribution in [3.8, 4) is 0 Å². The number of nitrogens with zero attached hydrogens (tertiary/aromatic N) is 1. The first-order valence-corrected chi connectivity index (χ1v) is 9.45. The maximum absolute atomic E-state index is 13.3. The van der Waals surface area contributed by atoms with E-state index in [0.29, 0.717) is 26.5 Å². The van der Waals surface area contributed by atoms with Gasteiger partial charge in [-0.25, -0.2) is 4.39 Å². The Kier molecular flexibility index (Phi) is 5.20. The van der Waals surface area contributed by atoms with Gasteiger partial charge in [-0.3, -0.25) is 4.79 Å². The second-order valence-corrected chi connectivity index (χ2v) is 7.84. The van der Waals surface area contributed by atoms with E-state index in [1.54, 1.807) is 17.4 Å². The highest BCUT2D eigenvalue weighted by molar-refractivity contribution is 7.21. The van der Waals surface area contributed by atoms with Gasteiger partial charge in [0.25, 0.3) is 5.91 Å². The third-order valence-corrected chi connectivity index (χ3v) is 6.16. The molecule has 0 radical (unpaired) electrons. The number of carbonyl (C=O) groups excluding carboxylic acids is 1.